The van der Waals surface area contributed by atoms with E-state index in [1.165, 1.54) is 6.92 Å². The van der Waals surface area contributed by atoms with E-state index >= 15 is 0 Å². The van der Waals surface area contributed by atoms with Crippen molar-refractivity contribution >= 4 is 11.8 Å². The fourth-order valence-electron chi connectivity index (χ4n) is 3.17. The summed E-state index contributed by atoms with van der Waals surface area (Å²) < 4.78 is 11.7. The number of unbranched alkanes of at least 4 members (excludes halogenated alkanes) is 2. The van der Waals surface area contributed by atoms with Crippen molar-refractivity contribution < 1.29 is 24.2 Å². The van der Waals surface area contributed by atoms with Crippen LogP contribution < -0.4 is 10.6 Å². The second-order valence-electron chi connectivity index (χ2n) is 7.06. The fourth-order valence-corrected chi connectivity index (χ4v) is 3.17. The third-order valence-corrected chi connectivity index (χ3v) is 4.80. The van der Waals surface area contributed by atoms with Crippen LogP contribution >= 0.6 is 0 Å². The van der Waals surface area contributed by atoms with Gasteiger partial charge in [-0.3, -0.25) is 9.59 Å². The summed E-state index contributed by atoms with van der Waals surface area (Å²) in [4.78, 5) is 23.1. The van der Waals surface area contributed by atoms with Gasteiger partial charge < -0.3 is 25.2 Å². The molecule has 3 N–H and O–H groups in total. The molecule has 7 nitrogen and oxygen atoms in total. The summed E-state index contributed by atoms with van der Waals surface area (Å²) in [6.45, 7) is 8.57. The molecule has 0 aromatic rings. The van der Waals surface area contributed by atoms with Gasteiger partial charge in [-0.2, -0.15) is 0 Å². The Bertz CT molecular complexity index is 432. The van der Waals surface area contributed by atoms with E-state index in [9.17, 15) is 14.7 Å². The Morgan fingerprint density at radius 1 is 1.19 bits per heavy atom. The van der Waals surface area contributed by atoms with E-state index in [-0.39, 0.29) is 23.8 Å². The zero-order valence-electron chi connectivity index (χ0n) is 16.6. The van der Waals surface area contributed by atoms with Gasteiger partial charge in [0.15, 0.2) is 6.29 Å². The van der Waals surface area contributed by atoms with E-state index < -0.39 is 18.4 Å². The molecule has 0 saturated carbocycles. The van der Waals surface area contributed by atoms with Gasteiger partial charge in [0.1, 0.15) is 6.04 Å². The number of aliphatic hydroxyl groups excluding tert-OH is 1. The SMILES string of the molecule is CCCCNC(=O)CCCCO[C@@H]1OC(CC)[C@H](C)C(O)[C@@H]1NC(C)=O. The molecular weight excluding hydrogens is 336 g/mol. The van der Waals surface area contributed by atoms with Crippen molar-refractivity contribution in [3.05, 3.63) is 0 Å². The van der Waals surface area contributed by atoms with Gasteiger partial charge in [-0.05, 0) is 25.7 Å². The number of aliphatic hydroxyl groups is 1. The highest BCUT2D eigenvalue weighted by Gasteiger charge is 2.43. The smallest absolute Gasteiger partial charge is 0.219 e. The molecule has 0 aromatic carbocycles. The molecule has 1 aliphatic rings. The van der Waals surface area contributed by atoms with Gasteiger partial charge >= 0.3 is 0 Å². The summed E-state index contributed by atoms with van der Waals surface area (Å²) in [5, 5.41) is 16.1. The molecule has 0 aliphatic carbocycles. The molecule has 26 heavy (non-hydrogen) atoms. The Kier molecular flexibility index (Phi) is 10.8. The largest absolute Gasteiger partial charge is 0.390 e. The Morgan fingerprint density at radius 3 is 2.54 bits per heavy atom. The standard InChI is InChI=1S/C19H36N2O5/c1-5-7-11-20-16(23)10-8-9-12-25-19-17(21-14(4)22)18(24)13(3)15(6-2)26-19/h13,15,17-19,24H,5-12H2,1-4H3,(H,20,23)(H,21,22)/t13-,15?,17-,18?,19+/m0/s1. The average Bonchev–Trinajstić information content (AvgIpc) is 2.60. The minimum Gasteiger partial charge on any atom is -0.390 e. The van der Waals surface area contributed by atoms with E-state index in [2.05, 4.69) is 17.6 Å². The molecule has 0 bridgehead atoms. The van der Waals surface area contributed by atoms with Gasteiger partial charge in [0, 0.05) is 32.4 Å². The quantitative estimate of drug-likeness (QED) is 0.480. The van der Waals surface area contributed by atoms with Gasteiger partial charge in [0.2, 0.25) is 11.8 Å². The molecule has 1 fully saturated rings. The summed E-state index contributed by atoms with van der Waals surface area (Å²) in [7, 11) is 0. The third-order valence-electron chi connectivity index (χ3n) is 4.80. The molecular formula is C19H36N2O5. The zero-order chi connectivity index (χ0) is 19.5. The fraction of sp³-hybridized carbons (Fsp3) is 0.895. The van der Waals surface area contributed by atoms with Crippen LogP contribution in [0.25, 0.3) is 0 Å². The summed E-state index contributed by atoms with van der Waals surface area (Å²) in [6.07, 6.45) is 3.26. The highest BCUT2D eigenvalue weighted by atomic mass is 16.7. The van der Waals surface area contributed by atoms with Crippen molar-refractivity contribution in [3.63, 3.8) is 0 Å². The van der Waals surface area contributed by atoms with Crippen LogP contribution in [0, 0.1) is 5.92 Å². The molecule has 1 saturated heterocycles. The van der Waals surface area contributed by atoms with Crippen molar-refractivity contribution in [1.82, 2.24) is 10.6 Å². The van der Waals surface area contributed by atoms with Gasteiger partial charge in [-0.15, -0.1) is 0 Å². The van der Waals surface area contributed by atoms with E-state index in [0.717, 1.165) is 38.6 Å². The van der Waals surface area contributed by atoms with E-state index in [1.807, 2.05) is 13.8 Å². The topological polar surface area (TPSA) is 96.9 Å². The third kappa shape index (κ3) is 7.60. The maximum atomic E-state index is 11.7. The normalized spacial score (nSPS) is 28.6. The minimum absolute atomic E-state index is 0.0683. The first-order valence-corrected chi connectivity index (χ1v) is 9.89. The number of amides is 2. The zero-order valence-corrected chi connectivity index (χ0v) is 16.6. The van der Waals surface area contributed by atoms with Crippen molar-refractivity contribution in [1.29, 1.82) is 0 Å². The lowest BCUT2D eigenvalue weighted by Crippen LogP contribution is -2.61. The van der Waals surface area contributed by atoms with Crippen molar-refractivity contribution in [2.24, 2.45) is 5.92 Å². The van der Waals surface area contributed by atoms with E-state index in [1.54, 1.807) is 0 Å². The molecule has 5 atom stereocenters. The lowest BCUT2D eigenvalue weighted by Gasteiger charge is -2.43. The van der Waals surface area contributed by atoms with Gasteiger partial charge in [-0.1, -0.05) is 27.2 Å². The maximum Gasteiger partial charge on any atom is 0.219 e. The second-order valence-corrected chi connectivity index (χ2v) is 7.06. The lowest BCUT2D eigenvalue weighted by molar-refractivity contribution is -0.249. The van der Waals surface area contributed by atoms with Crippen molar-refractivity contribution in [3.8, 4) is 0 Å². The van der Waals surface area contributed by atoms with Gasteiger partial charge in [-0.25, -0.2) is 0 Å². The van der Waals surface area contributed by atoms with Crippen LogP contribution in [0.1, 0.15) is 66.2 Å². The highest BCUT2D eigenvalue weighted by molar-refractivity contribution is 5.75. The first-order chi connectivity index (χ1) is 12.4. The number of ether oxygens (including phenoxy) is 2. The number of hydrogen-bond donors (Lipinski definition) is 3. The molecule has 1 rings (SSSR count). The molecule has 2 unspecified atom stereocenters. The van der Waals surface area contributed by atoms with Crippen LogP contribution in [-0.4, -0.2) is 54.6 Å². The van der Waals surface area contributed by atoms with E-state index in [4.69, 9.17) is 9.47 Å². The highest BCUT2D eigenvalue weighted by Crippen LogP contribution is 2.28. The average molecular weight is 373 g/mol. The lowest BCUT2D eigenvalue weighted by atomic mass is 9.88. The molecule has 2 amide bonds. The molecule has 0 spiro atoms. The molecule has 0 radical (unpaired) electrons. The molecule has 1 aliphatic heterocycles. The van der Waals surface area contributed by atoms with Crippen LogP contribution in [0.15, 0.2) is 0 Å². The number of rotatable bonds is 11. The first kappa shape index (κ1) is 22.9. The predicted molar refractivity (Wildman–Crippen MR) is 99.4 cm³/mol. The molecule has 152 valence electrons. The van der Waals surface area contributed by atoms with E-state index in [0.29, 0.717) is 13.0 Å². The Labute approximate surface area is 157 Å². The number of carbonyl (C=O) groups is 2. The Morgan fingerprint density at radius 2 is 1.92 bits per heavy atom. The summed E-state index contributed by atoms with van der Waals surface area (Å²) in [6, 6.07) is -0.581. The maximum absolute atomic E-state index is 11.7. The van der Waals surface area contributed by atoms with Crippen LogP contribution in [-0.2, 0) is 19.1 Å². The van der Waals surface area contributed by atoms with Crippen LogP contribution in [0.3, 0.4) is 0 Å². The Hall–Kier alpha value is -1.18. The van der Waals surface area contributed by atoms with Crippen LogP contribution in [0.2, 0.25) is 0 Å². The number of nitrogens with one attached hydrogen (secondary N) is 2. The monoisotopic (exact) mass is 372 g/mol. The van der Waals surface area contributed by atoms with Crippen LogP contribution in [0.4, 0.5) is 0 Å². The number of carbonyl (C=O) groups excluding carboxylic acids is 2. The summed E-state index contributed by atoms with van der Waals surface area (Å²) in [5.41, 5.74) is 0. The van der Waals surface area contributed by atoms with Crippen molar-refractivity contribution in [2.75, 3.05) is 13.2 Å². The molecule has 1 heterocycles. The minimum atomic E-state index is -0.716. The first-order valence-electron chi connectivity index (χ1n) is 9.89. The van der Waals surface area contributed by atoms with Gasteiger partial charge in [0.25, 0.3) is 0 Å². The van der Waals surface area contributed by atoms with Crippen LogP contribution in [0.5, 0.6) is 0 Å². The Balaban J connectivity index is 2.39. The number of hydrogen-bond acceptors (Lipinski definition) is 5. The second kappa shape index (κ2) is 12.3. The molecule has 7 heteroatoms. The summed E-state index contributed by atoms with van der Waals surface area (Å²) in [5.74, 6) is -0.237. The predicted octanol–water partition coefficient (Wildman–Crippen LogP) is 1.73. The van der Waals surface area contributed by atoms with Gasteiger partial charge in [0.05, 0.1) is 12.2 Å². The summed E-state index contributed by atoms with van der Waals surface area (Å²) >= 11 is 0. The molecule has 0 aromatic heterocycles. The van der Waals surface area contributed by atoms with Crippen molar-refractivity contribution in [2.45, 2.75) is 90.8 Å².